The first-order chi connectivity index (χ1) is 13.2. The van der Waals surface area contributed by atoms with Gasteiger partial charge in [-0.05, 0) is 43.0 Å². The van der Waals surface area contributed by atoms with Gasteiger partial charge in [-0.2, -0.15) is 10.2 Å². The number of carbonyl (C=O) groups excluding carboxylic acids is 1. The first-order valence-corrected chi connectivity index (χ1v) is 8.90. The Labute approximate surface area is 156 Å². The quantitative estimate of drug-likeness (QED) is 0.261. The summed E-state index contributed by atoms with van der Waals surface area (Å²) in [4.78, 5) is 16.3. The van der Waals surface area contributed by atoms with Gasteiger partial charge in [0.05, 0.1) is 11.9 Å². The minimum absolute atomic E-state index is 0.164. The Hall–Kier alpha value is -3.42. The molecule has 0 atom stereocenters. The van der Waals surface area contributed by atoms with E-state index >= 15 is 0 Å². The van der Waals surface area contributed by atoms with Crippen LogP contribution < -0.4 is 16.9 Å². The molecule has 5 N–H and O–H groups in total. The molecule has 1 aliphatic rings. The van der Waals surface area contributed by atoms with Gasteiger partial charge in [-0.25, -0.2) is 9.67 Å². The topological polar surface area (TPSA) is 124 Å². The molecule has 2 aromatic heterocycles. The minimum Gasteiger partial charge on any atom is -0.382 e. The lowest BCUT2D eigenvalue weighted by atomic mass is 10.1. The average Bonchev–Trinajstić information content (AvgIpc) is 3.47. The van der Waals surface area contributed by atoms with Crippen molar-refractivity contribution in [3.8, 4) is 5.69 Å². The molecule has 0 unspecified atom stereocenters. The van der Waals surface area contributed by atoms with E-state index in [-0.39, 0.29) is 17.7 Å². The number of amidine groups is 1. The second-order valence-electron chi connectivity index (χ2n) is 6.69. The summed E-state index contributed by atoms with van der Waals surface area (Å²) in [5, 5.41) is 11.9. The molecule has 8 heteroatoms. The van der Waals surface area contributed by atoms with Crippen LogP contribution in [-0.2, 0) is 11.2 Å². The first-order valence-electron chi connectivity index (χ1n) is 8.90. The van der Waals surface area contributed by atoms with E-state index in [0.717, 1.165) is 47.1 Å². The van der Waals surface area contributed by atoms with E-state index in [4.69, 9.17) is 11.6 Å². The van der Waals surface area contributed by atoms with Gasteiger partial charge in [0.15, 0.2) is 5.65 Å². The largest absolute Gasteiger partial charge is 0.382 e. The molecule has 1 aromatic carbocycles. The molecule has 1 saturated carbocycles. The number of hydrazone groups is 1. The molecule has 3 aromatic rings. The predicted molar refractivity (Wildman–Crippen MR) is 103 cm³/mol. The number of hydrogen-bond acceptors (Lipinski definition) is 5. The highest BCUT2D eigenvalue weighted by Crippen LogP contribution is 2.28. The fourth-order valence-corrected chi connectivity index (χ4v) is 2.98. The van der Waals surface area contributed by atoms with E-state index in [1.54, 1.807) is 10.9 Å². The number of nitrogens with zero attached hydrogens (tertiary/aromatic N) is 4. The molecule has 1 fully saturated rings. The van der Waals surface area contributed by atoms with E-state index in [0.29, 0.717) is 6.54 Å². The van der Waals surface area contributed by atoms with Gasteiger partial charge in [-0.3, -0.25) is 4.79 Å². The Bertz CT molecular complexity index is 1020. The molecule has 0 saturated heterocycles. The molecule has 1 amide bonds. The third-order valence-electron chi connectivity index (χ3n) is 4.65. The lowest BCUT2D eigenvalue weighted by Gasteiger charge is -2.07. The van der Waals surface area contributed by atoms with Gasteiger partial charge in [0, 0.05) is 29.6 Å². The van der Waals surface area contributed by atoms with Crippen molar-refractivity contribution < 1.29 is 4.79 Å². The van der Waals surface area contributed by atoms with Crippen LogP contribution in [0.4, 0.5) is 0 Å². The van der Waals surface area contributed by atoms with Crippen molar-refractivity contribution >= 4 is 22.8 Å². The van der Waals surface area contributed by atoms with Crippen molar-refractivity contribution in [3.63, 3.8) is 0 Å². The van der Waals surface area contributed by atoms with Crippen LogP contribution in [0.1, 0.15) is 24.0 Å². The van der Waals surface area contributed by atoms with E-state index in [2.05, 4.69) is 26.6 Å². The van der Waals surface area contributed by atoms with Gasteiger partial charge in [0.1, 0.15) is 5.84 Å². The van der Waals surface area contributed by atoms with Crippen LogP contribution in [0.15, 0.2) is 47.8 Å². The fraction of sp³-hybridized carbons (Fsp3) is 0.263. The van der Waals surface area contributed by atoms with E-state index in [9.17, 15) is 4.79 Å². The number of aromatic nitrogens is 3. The molecule has 0 radical (unpaired) electrons. The summed E-state index contributed by atoms with van der Waals surface area (Å²) in [6.07, 6.45) is 6.38. The molecule has 0 bridgehead atoms. The maximum atomic E-state index is 11.7. The Balaban J connectivity index is 1.53. The Morgan fingerprint density at radius 2 is 2.15 bits per heavy atom. The number of carbonyl (C=O) groups is 1. The molecule has 4 rings (SSSR count). The smallest absolute Gasteiger partial charge is 0.223 e. The number of rotatable bonds is 6. The van der Waals surface area contributed by atoms with Gasteiger partial charge < -0.3 is 16.9 Å². The van der Waals surface area contributed by atoms with E-state index in [1.807, 2.05) is 30.5 Å². The van der Waals surface area contributed by atoms with Crippen molar-refractivity contribution in [1.82, 2.24) is 20.1 Å². The Kier molecular flexibility index (Phi) is 4.45. The van der Waals surface area contributed by atoms with Crippen LogP contribution in [0.5, 0.6) is 0 Å². The van der Waals surface area contributed by atoms with E-state index < -0.39 is 0 Å². The number of hydrogen-bond donors (Lipinski definition) is 3. The molecule has 0 aliphatic heterocycles. The fourth-order valence-electron chi connectivity index (χ4n) is 2.98. The number of benzene rings is 1. The monoisotopic (exact) mass is 363 g/mol. The minimum atomic E-state index is 0.164. The van der Waals surface area contributed by atoms with Crippen LogP contribution in [0, 0.1) is 5.92 Å². The predicted octanol–water partition coefficient (Wildman–Crippen LogP) is 1.07. The SMILES string of the molecule is N/N=C(\N)c1cccc(-n2ncc3cc(CCNC(=O)C4CC4)cnc32)c1. The molecule has 1 aliphatic carbocycles. The summed E-state index contributed by atoms with van der Waals surface area (Å²) in [5.74, 6) is 5.92. The van der Waals surface area contributed by atoms with E-state index in [1.165, 1.54) is 0 Å². The molecule has 138 valence electrons. The average molecular weight is 363 g/mol. The maximum absolute atomic E-state index is 11.7. The van der Waals surface area contributed by atoms with Crippen molar-refractivity contribution in [1.29, 1.82) is 0 Å². The Morgan fingerprint density at radius 3 is 2.93 bits per heavy atom. The number of pyridine rings is 1. The molecular weight excluding hydrogens is 342 g/mol. The van der Waals surface area contributed by atoms with Gasteiger partial charge in [-0.1, -0.05) is 12.1 Å². The van der Waals surface area contributed by atoms with Gasteiger partial charge in [0.2, 0.25) is 5.91 Å². The zero-order chi connectivity index (χ0) is 18.8. The highest BCUT2D eigenvalue weighted by atomic mass is 16.2. The summed E-state index contributed by atoms with van der Waals surface area (Å²) < 4.78 is 1.75. The third-order valence-corrected chi connectivity index (χ3v) is 4.65. The van der Waals surface area contributed by atoms with Crippen LogP contribution in [0.2, 0.25) is 0 Å². The third kappa shape index (κ3) is 3.59. The summed E-state index contributed by atoms with van der Waals surface area (Å²) in [5.41, 5.74) is 9.15. The van der Waals surface area contributed by atoms with Crippen molar-refractivity contribution in [2.45, 2.75) is 19.3 Å². The highest BCUT2D eigenvalue weighted by molar-refractivity contribution is 5.97. The zero-order valence-corrected chi connectivity index (χ0v) is 14.8. The normalized spacial score (nSPS) is 14.4. The Morgan fingerprint density at radius 1 is 1.30 bits per heavy atom. The van der Waals surface area contributed by atoms with Crippen LogP contribution in [0.3, 0.4) is 0 Å². The van der Waals surface area contributed by atoms with Crippen molar-refractivity contribution in [2.75, 3.05) is 6.54 Å². The number of fused-ring (bicyclic) bond motifs is 1. The lowest BCUT2D eigenvalue weighted by molar-refractivity contribution is -0.122. The summed E-state index contributed by atoms with van der Waals surface area (Å²) >= 11 is 0. The van der Waals surface area contributed by atoms with Crippen molar-refractivity contribution in [3.05, 3.63) is 53.9 Å². The van der Waals surface area contributed by atoms with Crippen LogP contribution >= 0.6 is 0 Å². The van der Waals surface area contributed by atoms with Gasteiger partial charge in [0.25, 0.3) is 0 Å². The molecule has 8 nitrogen and oxygen atoms in total. The van der Waals surface area contributed by atoms with Crippen molar-refractivity contribution in [2.24, 2.45) is 22.6 Å². The summed E-state index contributed by atoms with van der Waals surface area (Å²) in [6.45, 7) is 0.621. The second-order valence-corrected chi connectivity index (χ2v) is 6.69. The first kappa shape index (κ1) is 17.0. The number of nitrogens with two attached hydrogens (primary N) is 2. The lowest BCUT2D eigenvalue weighted by Crippen LogP contribution is -2.26. The molecule has 0 spiro atoms. The second kappa shape index (κ2) is 7.06. The van der Waals surface area contributed by atoms with Crippen LogP contribution in [0.25, 0.3) is 16.7 Å². The maximum Gasteiger partial charge on any atom is 0.223 e. The van der Waals surface area contributed by atoms with Gasteiger partial charge in [-0.15, -0.1) is 0 Å². The van der Waals surface area contributed by atoms with Gasteiger partial charge >= 0.3 is 0 Å². The molecule has 2 heterocycles. The zero-order valence-electron chi connectivity index (χ0n) is 14.8. The number of nitrogens with one attached hydrogen (secondary N) is 1. The highest BCUT2D eigenvalue weighted by Gasteiger charge is 2.28. The standard InChI is InChI=1S/C19H21N7O/c20-17(25-21)14-2-1-3-16(9-14)26-18-15(11-24-26)8-12(10-23-18)6-7-22-19(27)13-4-5-13/h1-3,8-11,13H,4-7,21H2,(H2,20,25)(H,22,27). The molecule has 27 heavy (non-hydrogen) atoms. The summed E-state index contributed by atoms with van der Waals surface area (Å²) in [6, 6.07) is 9.54. The molecular formula is C19H21N7O. The van der Waals surface area contributed by atoms with Crippen LogP contribution in [-0.4, -0.2) is 33.1 Å². The number of amides is 1. The summed E-state index contributed by atoms with van der Waals surface area (Å²) in [7, 11) is 0.